The molecule has 1 aromatic heterocycles. The summed E-state index contributed by atoms with van der Waals surface area (Å²) in [6, 6.07) is 8.12. The second kappa shape index (κ2) is 10.5. The van der Waals surface area contributed by atoms with Crippen molar-refractivity contribution in [2.75, 3.05) is 13.2 Å². The fraction of sp³-hybridized carbons (Fsp3) is 0.368. The van der Waals surface area contributed by atoms with Gasteiger partial charge in [0.2, 0.25) is 0 Å². The zero-order chi connectivity index (χ0) is 20.5. The summed E-state index contributed by atoms with van der Waals surface area (Å²) in [5, 5.41) is 8.58. The molecule has 0 spiro atoms. The highest BCUT2D eigenvalue weighted by atomic mass is 32.2. The smallest absolute Gasteiger partial charge is 0.339 e. The van der Waals surface area contributed by atoms with Gasteiger partial charge in [-0.1, -0.05) is 31.1 Å². The van der Waals surface area contributed by atoms with Crippen LogP contribution in [0.3, 0.4) is 0 Å². The highest BCUT2D eigenvalue weighted by molar-refractivity contribution is 7.98. The number of benzene rings is 1. The van der Waals surface area contributed by atoms with Crippen molar-refractivity contribution in [1.29, 1.82) is 0 Å². The molecule has 150 valence electrons. The van der Waals surface area contributed by atoms with E-state index in [-0.39, 0.29) is 5.92 Å². The van der Waals surface area contributed by atoms with Gasteiger partial charge in [-0.25, -0.2) is 9.59 Å². The van der Waals surface area contributed by atoms with Crippen molar-refractivity contribution in [3.63, 3.8) is 0 Å². The summed E-state index contributed by atoms with van der Waals surface area (Å²) in [5.74, 6) is 0.161. The Bertz CT molecular complexity index is 834. The number of amides is 3. The summed E-state index contributed by atoms with van der Waals surface area (Å²) in [6.45, 7) is 5.57. The number of ether oxygens (including phenoxy) is 1. The fourth-order valence-corrected chi connectivity index (χ4v) is 3.03. The van der Waals surface area contributed by atoms with E-state index in [0.717, 1.165) is 5.69 Å². The van der Waals surface area contributed by atoms with E-state index in [1.165, 1.54) is 11.8 Å². The van der Waals surface area contributed by atoms with Crippen LogP contribution in [0.2, 0.25) is 0 Å². The number of nitrogens with zero attached hydrogens (tertiary/aromatic N) is 1. The lowest BCUT2D eigenvalue weighted by Crippen LogP contribution is -2.42. The van der Waals surface area contributed by atoms with Crippen molar-refractivity contribution in [1.82, 2.24) is 15.8 Å². The predicted molar refractivity (Wildman–Crippen MR) is 104 cm³/mol. The summed E-state index contributed by atoms with van der Waals surface area (Å²) < 4.78 is 10.1. The zero-order valence-corrected chi connectivity index (χ0v) is 16.8. The lowest BCUT2D eigenvalue weighted by atomic mass is 10.2. The van der Waals surface area contributed by atoms with Crippen molar-refractivity contribution < 1.29 is 23.6 Å². The van der Waals surface area contributed by atoms with Gasteiger partial charge in [-0.05, 0) is 25.0 Å². The number of carbonyl (C=O) groups is 3. The van der Waals surface area contributed by atoms with Gasteiger partial charge in [-0.3, -0.25) is 10.1 Å². The van der Waals surface area contributed by atoms with Gasteiger partial charge in [0.15, 0.2) is 6.61 Å². The van der Waals surface area contributed by atoms with E-state index in [4.69, 9.17) is 9.26 Å². The molecule has 0 unspecified atom stereocenters. The van der Waals surface area contributed by atoms with Crippen LogP contribution in [0.5, 0.6) is 0 Å². The van der Waals surface area contributed by atoms with E-state index >= 15 is 0 Å². The Kier molecular flexibility index (Phi) is 8.06. The summed E-state index contributed by atoms with van der Waals surface area (Å²) in [4.78, 5) is 36.3. The molecule has 8 nitrogen and oxygen atoms in total. The number of aromatic nitrogens is 1. The highest BCUT2D eigenvalue weighted by Gasteiger charge is 2.16. The van der Waals surface area contributed by atoms with Crippen LogP contribution in [0.15, 0.2) is 39.8 Å². The van der Waals surface area contributed by atoms with Crippen molar-refractivity contribution in [2.24, 2.45) is 5.92 Å². The summed E-state index contributed by atoms with van der Waals surface area (Å²) in [5.41, 5.74) is 1.10. The quantitative estimate of drug-likeness (QED) is 0.513. The number of aryl methyl sites for hydroxylation is 1. The molecule has 0 fully saturated rings. The third-order valence-corrected chi connectivity index (χ3v) is 4.52. The van der Waals surface area contributed by atoms with Crippen LogP contribution in [-0.4, -0.2) is 36.2 Å². The number of thioether (sulfide) groups is 1. The van der Waals surface area contributed by atoms with Crippen LogP contribution >= 0.6 is 11.8 Å². The van der Waals surface area contributed by atoms with Crippen molar-refractivity contribution in [3.05, 3.63) is 47.3 Å². The van der Waals surface area contributed by atoms with Crippen LogP contribution in [0.25, 0.3) is 0 Å². The highest BCUT2D eigenvalue weighted by Crippen LogP contribution is 2.26. The maximum Gasteiger partial charge on any atom is 0.339 e. The molecule has 2 aromatic rings. The minimum Gasteiger partial charge on any atom is -0.452 e. The molecular weight excluding hydrogens is 382 g/mol. The van der Waals surface area contributed by atoms with E-state index in [1.807, 2.05) is 19.9 Å². The van der Waals surface area contributed by atoms with Gasteiger partial charge in [0.25, 0.3) is 5.91 Å². The molecule has 3 amide bonds. The van der Waals surface area contributed by atoms with Gasteiger partial charge in [0.1, 0.15) is 5.76 Å². The lowest BCUT2D eigenvalue weighted by molar-refractivity contribution is -0.123. The summed E-state index contributed by atoms with van der Waals surface area (Å²) in [7, 11) is 0. The monoisotopic (exact) mass is 405 g/mol. The average Bonchev–Trinajstić information content (AvgIpc) is 3.08. The van der Waals surface area contributed by atoms with E-state index < -0.39 is 24.5 Å². The molecule has 0 saturated heterocycles. The first kappa shape index (κ1) is 21.5. The van der Waals surface area contributed by atoms with Crippen LogP contribution in [0.4, 0.5) is 4.79 Å². The van der Waals surface area contributed by atoms with Crippen LogP contribution in [-0.2, 0) is 15.3 Å². The molecule has 28 heavy (non-hydrogen) atoms. The summed E-state index contributed by atoms with van der Waals surface area (Å²) in [6.07, 6.45) is 0. The van der Waals surface area contributed by atoms with Gasteiger partial charge in [-0.15, -0.1) is 11.8 Å². The number of urea groups is 1. The number of hydrogen-bond acceptors (Lipinski definition) is 7. The van der Waals surface area contributed by atoms with E-state index in [0.29, 0.717) is 28.5 Å². The maximum absolute atomic E-state index is 12.3. The normalized spacial score (nSPS) is 10.6. The number of esters is 1. The second-order valence-electron chi connectivity index (χ2n) is 6.44. The predicted octanol–water partition coefficient (Wildman–Crippen LogP) is 2.91. The van der Waals surface area contributed by atoms with Crippen molar-refractivity contribution in [2.45, 2.75) is 31.4 Å². The van der Waals surface area contributed by atoms with Gasteiger partial charge < -0.3 is 14.6 Å². The fourth-order valence-electron chi connectivity index (χ4n) is 2.11. The topological polar surface area (TPSA) is 111 Å². The maximum atomic E-state index is 12.3. The average molecular weight is 405 g/mol. The van der Waals surface area contributed by atoms with Gasteiger partial charge in [-0.2, -0.15) is 0 Å². The number of hydrogen-bond donors (Lipinski definition) is 2. The number of nitrogens with one attached hydrogen (secondary N) is 2. The molecule has 2 N–H and O–H groups in total. The molecule has 1 heterocycles. The Morgan fingerprint density at radius 1 is 1.25 bits per heavy atom. The third kappa shape index (κ3) is 7.07. The van der Waals surface area contributed by atoms with Crippen LogP contribution < -0.4 is 10.6 Å². The van der Waals surface area contributed by atoms with Gasteiger partial charge in [0.05, 0.1) is 11.3 Å². The Morgan fingerprint density at radius 2 is 2.00 bits per heavy atom. The summed E-state index contributed by atoms with van der Waals surface area (Å²) >= 11 is 1.41. The van der Waals surface area contributed by atoms with E-state index in [1.54, 1.807) is 31.2 Å². The van der Waals surface area contributed by atoms with Gasteiger partial charge >= 0.3 is 12.0 Å². The van der Waals surface area contributed by atoms with Gasteiger partial charge in [0, 0.05) is 23.3 Å². The largest absolute Gasteiger partial charge is 0.452 e. The van der Waals surface area contributed by atoms with E-state index in [2.05, 4.69) is 15.8 Å². The molecule has 0 aliphatic rings. The molecule has 0 aliphatic carbocycles. The molecule has 2 rings (SSSR count). The SMILES string of the molecule is Cc1cc(CSc2ccccc2C(=O)OCC(=O)NC(=O)NCC(C)C)no1. The molecular formula is C19H23N3O5S. The first-order valence-electron chi connectivity index (χ1n) is 8.74. The number of rotatable bonds is 8. The molecule has 0 saturated carbocycles. The minimum absolute atomic E-state index is 0.258. The van der Waals surface area contributed by atoms with Crippen molar-refractivity contribution >= 4 is 29.7 Å². The van der Waals surface area contributed by atoms with E-state index in [9.17, 15) is 14.4 Å². The van der Waals surface area contributed by atoms with Crippen molar-refractivity contribution in [3.8, 4) is 0 Å². The number of imide groups is 1. The Balaban J connectivity index is 1.86. The Hall–Kier alpha value is -2.81. The standard InChI is InChI=1S/C19H23N3O5S/c1-12(2)9-20-19(25)21-17(23)10-26-18(24)15-6-4-5-7-16(15)28-11-14-8-13(3)27-22-14/h4-8,12H,9-11H2,1-3H3,(H2,20,21,23,25). The Morgan fingerprint density at radius 3 is 2.68 bits per heavy atom. The Labute approximate surface area is 167 Å². The van der Waals surface area contributed by atoms with Crippen LogP contribution in [0, 0.1) is 12.8 Å². The first-order valence-corrected chi connectivity index (χ1v) is 9.72. The molecule has 0 aliphatic heterocycles. The molecule has 9 heteroatoms. The minimum atomic E-state index is -0.696. The molecule has 0 radical (unpaired) electrons. The lowest BCUT2D eigenvalue weighted by Gasteiger charge is -2.10. The third-order valence-electron chi connectivity index (χ3n) is 3.42. The molecule has 0 bridgehead atoms. The molecule has 1 aromatic carbocycles. The molecule has 0 atom stereocenters. The second-order valence-corrected chi connectivity index (χ2v) is 7.46. The zero-order valence-electron chi connectivity index (χ0n) is 16.0. The first-order chi connectivity index (χ1) is 13.3. The van der Waals surface area contributed by atoms with Crippen LogP contribution in [0.1, 0.15) is 35.7 Å². The number of carbonyl (C=O) groups excluding carboxylic acids is 3.